The number of halogens is 4. The molecule has 10 heteroatoms. The Morgan fingerprint density at radius 2 is 1.80 bits per heavy atom. The molecule has 0 saturated carbocycles. The smallest absolute Gasteiger partial charge is 0.368 e. The van der Waals surface area contributed by atoms with E-state index < -0.39 is 11.7 Å². The third kappa shape index (κ3) is 5.16. The molecule has 0 spiro atoms. The number of anilines is 1. The molecule has 3 heterocycles. The molecule has 1 aliphatic rings. The van der Waals surface area contributed by atoms with E-state index in [0.29, 0.717) is 49.7 Å². The number of fused-ring (bicyclic) bond motifs is 1. The van der Waals surface area contributed by atoms with Crippen LogP contribution < -0.4 is 4.90 Å². The predicted octanol–water partition coefficient (Wildman–Crippen LogP) is 6.02. The average Bonchev–Trinajstić information content (AvgIpc) is 3.44. The van der Waals surface area contributed by atoms with E-state index in [-0.39, 0.29) is 5.91 Å². The lowest BCUT2D eigenvalue weighted by Crippen LogP contribution is -2.48. The minimum Gasteiger partial charge on any atom is -0.368 e. The van der Waals surface area contributed by atoms with Gasteiger partial charge in [0.05, 0.1) is 11.3 Å². The molecule has 2 aromatic carbocycles. The molecular formula is C25H22ClF3N4OS. The molecule has 1 saturated heterocycles. The number of thiazole rings is 1. The van der Waals surface area contributed by atoms with Crippen LogP contribution in [-0.4, -0.2) is 46.4 Å². The Kier molecular flexibility index (Phi) is 6.46. The van der Waals surface area contributed by atoms with Crippen molar-refractivity contribution in [2.24, 2.45) is 0 Å². The highest BCUT2D eigenvalue weighted by Crippen LogP contribution is 2.32. The maximum atomic E-state index is 13.0. The van der Waals surface area contributed by atoms with Gasteiger partial charge in [0, 0.05) is 66.1 Å². The number of carbonyl (C=O) groups is 1. The molecule has 5 rings (SSSR count). The summed E-state index contributed by atoms with van der Waals surface area (Å²) in [5, 5.41) is 2.69. The molecule has 35 heavy (non-hydrogen) atoms. The van der Waals surface area contributed by atoms with Crippen molar-refractivity contribution in [2.75, 3.05) is 31.1 Å². The van der Waals surface area contributed by atoms with Gasteiger partial charge >= 0.3 is 6.18 Å². The quantitative estimate of drug-likeness (QED) is 0.324. The monoisotopic (exact) mass is 518 g/mol. The fraction of sp³-hybridized carbons (Fsp3) is 0.280. The molecule has 4 aromatic rings. The van der Waals surface area contributed by atoms with Crippen molar-refractivity contribution >= 4 is 39.5 Å². The van der Waals surface area contributed by atoms with Crippen LogP contribution in [0.1, 0.15) is 17.7 Å². The second-order valence-corrected chi connectivity index (χ2v) is 9.70. The lowest BCUT2D eigenvalue weighted by Gasteiger charge is -2.36. The first-order valence-corrected chi connectivity index (χ1v) is 12.4. The molecule has 2 aromatic heterocycles. The van der Waals surface area contributed by atoms with Crippen molar-refractivity contribution in [3.05, 3.63) is 76.4 Å². The Morgan fingerprint density at radius 1 is 1.06 bits per heavy atom. The number of amides is 1. The minimum absolute atomic E-state index is 0.0473. The summed E-state index contributed by atoms with van der Waals surface area (Å²) in [5.74, 6) is 0.0473. The summed E-state index contributed by atoms with van der Waals surface area (Å²) in [6.07, 6.45) is -1.44. The van der Waals surface area contributed by atoms with Gasteiger partial charge in [-0.25, -0.2) is 4.98 Å². The second kappa shape index (κ2) is 9.54. The van der Waals surface area contributed by atoms with Gasteiger partial charge < -0.3 is 9.80 Å². The molecule has 182 valence electrons. The van der Waals surface area contributed by atoms with E-state index >= 15 is 0 Å². The van der Waals surface area contributed by atoms with Gasteiger partial charge in [-0.1, -0.05) is 29.8 Å². The third-order valence-corrected chi connectivity index (χ3v) is 7.33. The highest BCUT2D eigenvalue weighted by atomic mass is 35.5. The third-order valence-electron chi connectivity index (χ3n) is 6.19. The number of piperazine rings is 1. The summed E-state index contributed by atoms with van der Waals surface area (Å²) in [5.41, 5.74) is 2.73. The first kappa shape index (κ1) is 23.7. The summed E-state index contributed by atoms with van der Waals surface area (Å²) < 4.78 is 41.1. The van der Waals surface area contributed by atoms with Crippen molar-refractivity contribution in [1.82, 2.24) is 14.3 Å². The minimum atomic E-state index is -4.37. The van der Waals surface area contributed by atoms with Crippen LogP contribution in [0.3, 0.4) is 0 Å². The number of benzene rings is 2. The normalized spacial score (nSPS) is 14.6. The molecular weight excluding hydrogens is 497 g/mol. The van der Waals surface area contributed by atoms with Crippen molar-refractivity contribution in [3.63, 3.8) is 0 Å². The van der Waals surface area contributed by atoms with Crippen LogP contribution in [0.5, 0.6) is 0 Å². The fourth-order valence-electron chi connectivity index (χ4n) is 4.25. The molecule has 0 bridgehead atoms. The van der Waals surface area contributed by atoms with Gasteiger partial charge in [0.2, 0.25) is 5.91 Å². The molecule has 0 atom stereocenters. The first-order chi connectivity index (χ1) is 16.8. The van der Waals surface area contributed by atoms with Gasteiger partial charge in [0.25, 0.3) is 0 Å². The standard InChI is InChI=1S/C25H22ClF3N4OS/c26-19-6-4-17(5-7-19)22-15-33-21(16-35-24(33)30-22)8-9-23(34)32-12-10-31(11-13-32)20-3-1-2-18(14-20)25(27,28)29/h1-7,14-16H,8-13H2. The van der Waals surface area contributed by atoms with E-state index in [9.17, 15) is 18.0 Å². The van der Waals surface area contributed by atoms with Gasteiger partial charge in [-0.15, -0.1) is 11.3 Å². The summed E-state index contributed by atoms with van der Waals surface area (Å²) in [7, 11) is 0. The molecule has 0 radical (unpaired) electrons. The van der Waals surface area contributed by atoms with E-state index in [1.807, 2.05) is 45.1 Å². The van der Waals surface area contributed by atoms with Crippen LogP contribution >= 0.6 is 22.9 Å². The zero-order valence-corrected chi connectivity index (χ0v) is 20.2. The van der Waals surface area contributed by atoms with E-state index in [1.165, 1.54) is 23.5 Å². The zero-order chi connectivity index (χ0) is 24.6. The lowest BCUT2D eigenvalue weighted by atomic mass is 10.1. The fourth-order valence-corrected chi connectivity index (χ4v) is 5.29. The summed E-state index contributed by atoms with van der Waals surface area (Å²) in [6, 6.07) is 12.9. The van der Waals surface area contributed by atoms with E-state index in [0.717, 1.165) is 28.0 Å². The second-order valence-electron chi connectivity index (χ2n) is 8.43. The SMILES string of the molecule is O=C(CCc1csc2nc(-c3ccc(Cl)cc3)cn12)N1CCN(c2cccc(C(F)(F)F)c2)CC1. The Hall–Kier alpha value is -3.04. The Balaban J connectivity index is 1.18. The number of hydrogen-bond donors (Lipinski definition) is 0. The lowest BCUT2D eigenvalue weighted by molar-refractivity contribution is -0.137. The highest BCUT2D eigenvalue weighted by molar-refractivity contribution is 7.15. The molecule has 1 amide bonds. The van der Waals surface area contributed by atoms with Gasteiger partial charge in [0.1, 0.15) is 0 Å². The number of aryl methyl sites for hydroxylation is 1. The van der Waals surface area contributed by atoms with Crippen molar-refractivity contribution in [3.8, 4) is 11.3 Å². The molecule has 5 nitrogen and oxygen atoms in total. The summed E-state index contributed by atoms with van der Waals surface area (Å²) >= 11 is 7.51. The summed E-state index contributed by atoms with van der Waals surface area (Å²) in [4.78, 5) is 22.1. The Morgan fingerprint density at radius 3 is 2.51 bits per heavy atom. The maximum absolute atomic E-state index is 13.0. The maximum Gasteiger partial charge on any atom is 0.416 e. The first-order valence-electron chi connectivity index (χ1n) is 11.2. The van der Waals surface area contributed by atoms with Crippen LogP contribution in [-0.2, 0) is 17.4 Å². The van der Waals surface area contributed by atoms with Crippen molar-refractivity contribution in [2.45, 2.75) is 19.0 Å². The predicted molar refractivity (Wildman–Crippen MR) is 132 cm³/mol. The average molecular weight is 519 g/mol. The molecule has 0 N–H and O–H groups in total. The number of imidazole rings is 1. The van der Waals surface area contributed by atoms with E-state index in [4.69, 9.17) is 11.6 Å². The van der Waals surface area contributed by atoms with Crippen LogP contribution in [0, 0.1) is 0 Å². The number of nitrogens with zero attached hydrogens (tertiary/aromatic N) is 4. The Labute approximate surface area is 209 Å². The number of alkyl halides is 3. The molecule has 1 fully saturated rings. The molecule has 0 unspecified atom stereocenters. The van der Waals surface area contributed by atoms with Gasteiger partial charge in [-0.2, -0.15) is 13.2 Å². The Bertz CT molecular complexity index is 1340. The number of carbonyl (C=O) groups excluding carboxylic acids is 1. The number of rotatable bonds is 5. The van der Waals surface area contributed by atoms with Gasteiger partial charge in [-0.05, 0) is 36.8 Å². The van der Waals surface area contributed by atoms with Crippen LogP contribution in [0.4, 0.5) is 18.9 Å². The highest BCUT2D eigenvalue weighted by Gasteiger charge is 2.31. The summed E-state index contributed by atoms with van der Waals surface area (Å²) in [6.45, 7) is 1.98. The largest absolute Gasteiger partial charge is 0.416 e. The number of aromatic nitrogens is 2. The van der Waals surface area contributed by atoms with Gasteiger partial charge in [-0.3, -0.25) is 9.20 Å². The van der Waals surface area contributed by atoms with Crippen LogP contribution in [0.25, 0.3) is 16.2 Å². The van der Waals surface area contributed by atoms with Crippen molar-refractivity contribution in [1.29, 1.82) is 0 Å². The molecule has 0 aliphatic carbocycles. The topological polar surface area (TPSA) is 40.9 Å². The number of hydrogen-bond acceptors (Lipinski definition) is 4. The van der Waals surface area contributed by atoms with Crippen molar-refractivity contribution < 1.29 is 18.0 Å². The zero-order valence-electron chi connectivity index (χ0n) is 18.6. The van der Waals surface area contributed by atoms with E-state index in [1.54, 1.807) is 11.0 Å². The molecule has 1 aliphatic heterocycles. The van der Waals surface area contributed by atoms with Crippen LogP contribution in [0.15, 0.2) is 60.1 Å². The van der Waals surface area contributed by atoms with Gasteiger partial charge in [0.15, 0.2) is 4.96 Å². The van der Waals surface area contributed by atoms with Crippen LogP contribution in [0.2, 0.25) is 5.02 Å². The van der Waals surface area contributed by atoms with E-state index in [2.05, 4.69) is 4.98 Å².